The van der Waals surface area contributed by atoms with Gasteiger partial charge in [0, 0.05) is 17.8 Å². The summed E-state index contributed by atoms with van der Waals surface area (Å²) >= 11 is 3.40. The summed E-state index contributed by atoms with van der Waals surface area (Å²) in [5, 5.41) is 5.84. The zero-order chi connectivity index (χ0) is 22.8. The maximum atomic E-state index is 12.9. The number of ether oxygens (including phenoxy) is 3. The lowest BCUT2D eigenvalue weighted by Crippen LogP contribution is -2.39. The Morgan fingerprint density at radius 2 is 1.68 bits per heavy atom. The van der Waals surface area contributed by atoms with Gasteiger partial charge in [0.1, 0.15) is 17.1 Å². The molecular formula is C23H27BrN2O5. The molecule has 0 spiro atoms. The first-order valence-electron chi connectivity index (χ1n) is 9.94. The maximum Gasteiger partial charge on any atom is 0.407 e. The van der Waals surface area contributed by atoms with Crippen molar-refractivity contribution in [2.75, 3.05) is 19.5 Å². The summed E-state index contributed by atoms with van der Waals surface area (Å²) in [4.78, 5) is 24.9. The van der Waals surface area contributed by atoms with Gasteiger partial charge in [-0.25, -0.2) is 4.79 Å². The summed E-state index contributed by atoms with van der Waals surface area (Å²) in [6, 6.07) is 9.07. The zero-order valence-electron chi connectivity index (χ0n) is 18.3. The number of methoxy groups -OCH3 is 2. The molecule has 0 saturated heterocycles. The summed E-state index contributed by atoms with van der Waals surface area (Å²) in [6.45, 7) is 5.50. The number of carbonyl (C=O) groups excluding carboxylic acids is 2. The number of hydrogen-bond donors (Lipinski definition) is 2. The molecule has 0 bridgehead atoms. The third-order valence-electron chi connectivity index (χ3n) is 4.84. The van der Waals surface area contributed by atoms with Gasteiger partial charge in [0.05, 0.1) is 24.3 Å². The Morgan fingerprint density at radius 3 is 2.32 bits per heavy atom. The summed E-state index contributed by atoms with van der Waals surface area (Å²) < 4.78 is 16.6. The highest BCUT2D eigenvalue weighted by Crippen LogP contribution is 2.33. The molecule has 31 heavy (non-hydrogen) atoms. The standard InChI is InChI=1S/C23H27BrN2O5/c1-23(2,3)31-22(28)26-16-8-13-6-7-15(9-14(13)10-16)25-21(27)17-11-18(24)20(30-5)12-19(17)29-4/h6-7,9,11-12,16H,8,10H2,1-5H3,(H,25,27)(H,26,28). The molecule has 1 aliphatic carbocycles. The van der Waals surface area contributed by atoms with Gasteiger partial charge in [0.2, 0.25) is 0 Å². The monoisotopic (exact) mass is 490 g/mol. The molecule has 2 N–H and O–H groups in total. The van der Waals surface area contributed by atoms with Crippen molar-refractivity contribution in [3.8, 4) is 11.5 Å². The van der Waals surface area contributed by atoms with Gasteiger partial charge < -0.3 is 24.8 Å². The van der Waals surface area contributed by atoms with Crippen LogP contribution in [0.4, 0.5) is 10.5 Å². The Labute approximate surface area is 190 Å². The average Bonchev–Trinajstić information content (AvgIpc) is 3.07. The minimum Gasteiger partial charge on any atom is -0.496 e. The first-order valence-corrected chi connectivity index (χ1v) is 10.7. The molecule has 0 saturated carbocycles. The number of carbonyl (C=O) groups is 2. The van der Waals surface area contributed by atoms with Crippen molar-refractivity contribution in [3.05, 3.63) is 51.5 Å². The van der Waals surface area contributed by atoms with Crippen LogP contribution in [0, 0.1) is 0 Å². The second-order valence-corrected chi connectivity index (χ2v) is 9.23. The number of anilines is 1. The molecule has 2 aromatic carbocycles. The predicted octanol–water partition coefficient (Wildman–Crippen LogP) is 4.71. The third-order valence-corrected chi connectivity index (χ3v) is 5.46. The fourth-order valence-electron chi connectivity index (χ4n) is 3.51. The van der Waals surface area contributed by atoms with E-state index in [2.05, 4.69) is 26.6 Å². The largest absolute Gasteiger partial charge is 0.496 e. The molecular weight excluding hydrogens is 464 g/mol. The van der Waals surface area contributed by atoms with E-state index >= 15 is 0 Å². The van der Waals surface area contributed by atoms with E-state index in [4.69, 9.17) is 14.2 Å². The Hall–Kier alpha value is -2.74. The zero-order valence-corrected chi connectivity index (χ0v) is 19.9. The smallest absolute Gasteiger partial charge is 0.407 e. The lowest BCUT2D eigenvalue weighted by Gasteiger charge is -2.21. The van der Waals surface area contributed by atoms with Gasteiger partial charge in [-0.1, -0.05) is 6.07 Å². The Morgan fingerprint density at radius 1 is 1.00 bits per heavy atom. The van der Waals surface area contributed by atoms with Gasteiger partial charge in [0.25, 0.3) is 5.91 Å². The first-order chi connectivity index (χ1) is 14.6. The van der Waals surface area contributed by atoms with Crippen molar-refractivity contribution in [2.45, 2.75) is 45.3 Å². The van der Waals surface area contributed by atoms with E-state index in [1.807, 2.05) is 39.0 Å². The molecule has 8 heteroatoms. The molecule has 0 radical (unpaired) electrons. The van der Waals surface area contributed by atoms with Crippen molar-refractivity contribution >= 4 is 33.6 Å². The maximum absolute atomic E-state index is 12.9. The van der Waals surface area contributed by atoms with Gasteiger partial charge in [0.15, 0.2) is 0 Å². The number of hydrogen-bond acceptors (Lipinski definition) is 5. The number of amides is 2. The number of fused-ring (bicyclic) bond motifs is 1. The van der Waals surface area contributed by atoms with Crippen molar-refractivity contribution < 1.29 is 23.8 Å². The molecule has 1 unspecified atom stereocenters. The Bertz CT molecular complexity index is 1000. The highest BCUT2D eigenvalue weighted by molar-refractivity contribution is 9.10. The molecule has 7 nitrogen and oxygen atoms in total. The lowest BCUT2D eigenvalue weighted by molar-refractivity contribution is 0.0506. The molecule has 0 heterocycles. The number of rotatable bonds is 5. The fraction of sp³-hybridized carbons (Fsp3) is 0.391. The van der Waals surface area contributed by atoms with Gasteiger partial charge >= 0.3 is 6.09 Å². The number of halogens is 1. The second-order valence-electron chi connectivity index (χ2n) is 8.38. The first kappa shape index (κ1) is 22.9. The minimum atomic E-state index is -0.537. The van der Waals surface area contributed by atoms with Crippen LogP contribution in [0.1, 0.15) is 42.3 Å². The van der Waals surface area contributed by atoms with Crippen molar-refractivity contribution in [1.29, 1.82) is 0 Å². The molecule has 0 aromatic heterocycles. The van der Waals surface area contributed by atoms with Gasteiger partial charge in [-0.3, -0.25) is 4.79 Å². The van der Waals surface area contributed by atoms with E-state index in [1.54, 1.807) is 19.2 Å². The van der Waals surface area contributed by atoms with Crippen LogP contribution >= 0.6 is 15.9 Å². The van der Waals surface area contributed by atoms with Crippen molar-refractivity contribution in [1.82, 2.24) is 5.32 Å². The summed E-state index contributed by atoms with van der Waals surface area (Å²) in [7, 11) is 3.06. The topological polar surface area (TPSA) is 85.9 Å². The van der Waals surface area contributed by atoms with Crippen LogP contribution in [0.25, 0.3) is 0 Å². The van der Waals surface area contributed by atoms with Crippen LogP contribution in [0.15, 0.2) is 34.8 Å². The van der Waals surface area contributed by atoms with E-state index in [0.717, 1.165) is 17.5 Å². The van der Waals surface area contributed by atoms with E-state index in [1.165, 1.54) is 7.11 Å². The van der Waals surface area contributed by atoms with Gasteiger partial charge in [-0.2, -0.15) is 0 Å². The number of nitrogens with one attached hydrogen (secondary N) is 2. The van der Waals surface area contributed by atoms with E-state index in [0.29, 0.717) is 33.6 Å². The highest BCUT2D eigenvalue weighted by Gasteiger charge is 2.26. The predicted molar refractivity (Wildman–Crippen MR) is 122 cm³/mol. The molecule has 2 aromatic rings. The summed E-state index contributed by atoms with van der Waals surface area (Å²) in [5.74, 6) is 0.705. The number of alkyl carbamates (subject to hydrolysis) is 1. The fourth-order valence-corrected chi connectivity index (χ4v) is 4.01. The molecule has 2 amide bonds. The Kier molecular flexibility index (Phi) is 6.79. The molecule has 0 aliphatic heterocycles. The van der Waals surface area contributed by atoms with Crippen LogP contribution in [0.2, 0.25) is 0 Å². The second kappa shape index (κ2) is 9.18. The molecule has 3 rings (SSSR count). The molecule has 1 aliphatic rings. The molecule has 0 fully saturated rings. The van der Waals surface area contributed by atoms with Crippen LogP contribution in [-0.4, -0.2) is 37.9 Å². The quantitative estimate of drug-likeness (QED) is 0.633. The highest BCUT2D eigenvalue weighted by atomic mass is 79.9. The van der Waals surface area contributed by atoms with Gasteiger partial charge in [-0.15, -0.1) is 0 Å². The number of benzene rings is 2. The minimum absolute atomic E-state index is 0.0339. The van der Waals surface area contributed by atoms with Crippen LogP contribution in [-0.2, 0) is 17.6 Å². The van der Waals surface area contributed by atoms with E-state index in [-0.39, 0.29) is 11.9 Å². The summed E-state index contributed by atoms with van der Waals surface area (Å²) in [5.41, 5.74) is 2.76. The van der Waals surface area contributed by atoms with E-state index in [9.17, 15) is 9.59 Å². The van der Waals surface area contributed by atoms with Crippen LogP contribution in [0.5, 0.6) is 11.5 Å². The molecule has 1 atom stereocenters. The lowest BCUT2D eigenvalue weighted by atomic mass is 10.1. The summed E-state index contributed by atoms with van der Waals surface area (Å²) in [6.07, 6.45) is 0.980. The van der Waals surface area contributed by atoms with Crippen LogP contribution < -0.4 is 20.1 Å². The molecule has 166 valence electrons. The van der Waals surface area contributed by atoms with Gasteiger partial charge in [-0.05, 0) is 78.9 Å². The normalized spacial score (nSPS) is 15.1. The van der Waals surface area contributed by atoms with E-state index < -0.39 is 11.7 Å². The third kappa shape index (κ3) is 5.70. The van der Waals surface area contributed by atoms with Crippen LogP contribution in [0.3, 0.4) is 0 Å². The van der Waals surface area contributed by atoms with Crippen molar-refractivity contribution in [3.63, 3.8) is 0 Å². The SMILES string of the molecule is COc1cc(OC)c(C(=O)Nc2ccc3c(c2)CC(NC(=O)OC(C)(C)C)C3)cc1Br. The van der Waals surface area contributed by atoms with Crippen molar-refractivity contribution in [2.24, 2.45) is 0 Å². The average molecular weight is 491 g/mol. The Balaban J connectivity index is 1.69.